The first-order valence-corrected chi connectivity index (χ1v) is 6.91. The minimum Gasteiger partial charge on any atom is -0.477 e. The molecule has 0 radical (unpaired) electrons. The molecule has 0 aliphatic carbocycles. The van der Waals surface area contributed by atoms with Gasteiger partial charge in [0.2, 0.25) is 5.78 Å². The summed E-state index contributed by atoms with van der Waals surface area (Å²) in [5, 5.41) is 0. The Morgan fingerprint density at radius 2 is 1.76 bits per heavy atom. The first-order chi connectivity index (χ1) is 8.14. The second-order valence-electron chi connectivity index (χ2n) is 4.14. The second-order valence-corrected chi connectivity index (χ2v) is 5.22. The predicted molar refractivity (Wildman–Crippen MR) is 76.8 cm³/mol. The number of ketones is 1. The molecule has 17 heavy (non-hydrogen) atoms. The number of hydrogen-bond acceptors (Lipinski definition) is 2. The van der Waals surface area contributed by atoms with Crippen molar-refractivity contribution in [3.8, 4) is 0 Å². The third-order valence-electron chi connectivity index (χ3n) is 3.29. The summed E-state index contributed by atoms with van der Waals surface area (Å²) < 4.78 is 6.70. The highest BCUT2D eigenvalue weighted by Gasteiger charge is 2.46. The molecule has 0 spiro atoms. The summed E-state index contributed by atoms with van der Waals surface area (Å²) in [6.07, 6.45) is 1.43. The van der Waals surface area contributed by atoms with Gasteiger partial charge in [-0.15, -0.1) is 0 Å². The van der Waals surface area contributed by atoms with Gasteiger partial charge < -0.3 is 4.74 Å². The molecule has 1 aromatic carbocycles. The zero-order valence-corrected chi connectivity index (χ0v) is 12.2. The lowest BCUT2D eigenvalue weighted by Crippen LogP contribution is -2.35. The standard InChI is InChI=1S/C14H15IO2/c1-3-14(4-2)13(16)11(15)12(17-14)10-8-6-5-7-9-10/h5-9H,3-4H2,1-2H3. The van der Waals surface area contributed by atoms with Gasteiger partial charge in [0.05, 0.1) is 0 Å². The van der Waals surface area contributed by atoms with Gasteiger partial charge in [0, 0.05) is 5.56 Å². The highest BCUT2D eigenvalue weighted by molar-refractivity contribution is 14.1. The summed E-state index contributed by atoms with van der Waals surface area (Å²) in [5.74, 6) is 0.863. The van der Waals surface area contributed by atoms with Crippen LogP contribution in [-0.2, 0) is 9.53 Å². The van der Waals surface area contributed by atoms with Crippen molar-refractivity contribution in [2.75, 3.05) is 0 Å². The molecule has 90 valence electrons. The number of rotatable bonds is 3. The fraction of sp³-hybridized carbons (Fsp3) is 0.357. The van der Waals surface area contributed by atoms with Crippen molar-refractivity contribution in [1.29, 1.82) is 0 Å². The van der Waals surface area contributed by atoms with Gasteiger partial charge in [0.15, 0.2) is 5.60 Å². The van der Waals surface area contributed by atoms with Crippen molar-refractivity contribution in [2.45, 2.75) is 32.3 Å². The number of benzene rings is 1. The zero-order chi connectivity index (χ0) is 12.5. The van der Waals surface area contributed by atoms with Crippen molar-refractivity contribution in [3.63, 3.8) is 0 Å². The molecule has 0 N–H and O–H groups in total. The number of hydrogen-bond donors (Lipinski definition) is 0. The predicted octanol–water partition coefficient (Wildman–Crippen LogP) is 3.95. The summed E-state index contributed by atoms with van der Waals surface area (Å²) in [5.41, 5.74) is 0.343. The molecule has 3 heteroatoms. The maximum atomic E-state index is 12.3. The van der Waals surface area contributed by atoms with E-state index in [0.29, 0.717) is 12.8 Å². The third-order valence-corrected chi connectivity index (χ3v) is 4.27. The molecule has 2 nitrogen and oxygen atoms in total. The van der Waals surface area contributed by atoms with Crippen molar-refractivity contribution in [1.82, 2.24) is 0 Å². The SMILES string of the molecule is CCC1(CC)OC(c2ccccc2)=C(I)C1=O. The largest absolute Gasteiger partial charge is 0.477 e. The Bertz CT molecular complexity index is 458. The maximum absolute atomic E-state index is 12.3. The Morgan fingerprint density at radius 3 is 2.24 bits per heavy atom. The average Bonchev–Trinajstić information content (AvgIpc) is 2.65. The van der Waals surface area contributed by atoms with Crippen LogP contribution in [0.2, 0.25) is 0 Å². The number of carbonyl (C=O) groups excluding carboxylic acids is 1. The molecule has 0 atom stereocenters. The molecule has 1 aliphatic rings. The third kappa shape index (κ3) is 2.01. The Kier molecular flexibility index (Phi) is 3.56. The van der Waals surface area contributed by atoms with Crippen LogP contribution in [0.15, 0.2) is 33.9 Å². The van der Waals surface area contributed by atoms with Gasteiger partial charge in [-0.3, -0.25) is 4.79 Å². The van der Waals surface area contributed by atoms with Gasteiger partial charge >= 0.3 is 0 Å². The van der Waals surface area contributed by atoms with E-state index in [4.69, 9.17) is 4.74 Å². The summed E-state index contributed by atoms with van der Waals surface area (Å²) >= 11 is 2.10. The summed E-state index contributed by atoms with van der Waals surface area (Å²) in [6, 6.07) is 9.82. The van der Waals surface area contributed by atoms with Crippen LogP contribution in [0.4, 0.5) is 0 Å². The van der Waals surface area contributed by atoms with E-state index in [0.717, 1.165) is 14.9 Å². The molecule has 0 aromatic heterocycles. The fourth-order valence-electron chi connectivity index (χ4n) is 2.08. The minimum absolute atomic E-state index is 0.127. The highest BCUT2D eigenvalue weighted by atomic mass is 127. The highest BCUT2D eigenvalue weighted by Crippen LogP contribution is 2.42. The van der Waals surface area contributed by atoms with E-state index in [1.165, 1.54) is 0 Å². The molecule has 0 saturated heterocycles. The normalized spacial score (nSPS) is 18.4. The van der Waals surface area contributed by atoms with Crippen LogP contribution in [0.3, 0.4) is 0 Å². The van der Waals surface area contributed by atoms with E-state index in [-0.39, 0.29) is 5.78 Å². The molecule has 0 amide bonds. The van der Waals surface area contributed by atoms with Crippen molar-refractivity contribution >= 4 is 34.1 Å². The maximum Gasteiger partial charge on any atom is 0.216 e. The number of halogens is 1. The monoisotopic (exact) mass is 342 g/mol. The van der Waals surface area contributed by atoms with Crippen LogP contribution in [0, 0.1) is 0 Å². The van der Waals surface area contributed by atoms with E-state index in [1.807, 2.05) is 44.2 Å². The molecule has 1 aromatic rings. The van der Waals surface area contributed by atoms with Gasteiger partial charge in [-0.05, 0) is 35.4 Å². The lowest BCUT2D eigenvalue weighted by atomic mass is 9.93. The van der Waals surface area contributed by atoms with E-state index < -0.39 is 5.60 Å². The van der Waals surface area contributed by atoms with E-state index in [2.05, 4.69) is 22.6 Å². The molecule has 0 unspecified atom stereocenters. The average molecular weight is 342 g/mol. The first kappa shape index (κ1) is 12.6. The van der Waals surface area contributed by atoms with E-state index in [9.17, 15) is 4.79 Å². The van der Waals surface area contributed by atoms with Gasteiger partial charge in [-0.25, -0.2) is 0 Å². The molecule has 0 bridgehead atoms. The molecule has 1 heterocycles. The van der Waals surface area contributed by atoms with Crippen molar-refractivity contribution in [3.05, 3.63) is 39.5 Å². The lowest BCUT2D eigenvalue weighted by Gasteiger charge is -2.25. The van der Waals surface area contributed by atoms with Crippen LogP contribution < -0.4 is 0 Å². The summed E-state index contributed by atoms with van der Waals surface area (Å²) in [6.45, 7) is 4.00. The van der Waals surface area contributed by atoms with Crippen molar-refractivity contribution in [2.24, 2.45) is 0 Å². The number of carbonyl (C=O) groups is 1. The molecule has 2 rings (SSSR count). The number of Topliss-reactive ketones (excluding diaryl/α,β-unsaturated/α-hetero) is 1. The van der Waals surface area contributed by atoms with Crippen LogP contribution in [-0.4, -0.2) is 11.4 Å². The smallest absolute Gasteiger partial charge is 0.216 e. The summed E-state index contributed by atoms with van der Waals surface area (Å²) in [7, 11) is 0. The Balaban J connectivity index is 2.42. The van der Waals surface area contributed by atoms with Gasteiger partial charge in [-0.2, -0.15) is 0 Å². The van der Waals surface area contributed by atoms with E-state index >= 15 is 0 Å². The fourth-order valence-corrected chi connectivity index (χ4v) is 2.99. The van der Waals surface area contributed by atoms with Crippen molar-refractivity contribution < 1.29 is 9.53 Å². The zero-order valence-electron chi connectivity index (χ0n) is 10.00. The second kappa shape index (κ2) is 4.80. The van der Waals surface area contributed by atoms with Crippen LogP contribution in [0.25, 0.3) is 5.76 Å². The topological polar surface area (TPSA) is 26.3 Å². The number of ether oxygens (including phenoxy) is 1. The van der Waals surface area contributed by atoms with Crippen LogP contribution in [0.1, 0.15) is 32.3 Å². The molecular formula is C14H15IO2. The molecule has 0 fully saturated rings. The Morgan fingerprint density at radius 1 is 1.18 bits per heavy atom. The van der Waals surface area contributed by atoms with Gasteiger partial charge in [-0.1, -0.05) is 44.2 Å². The summed E-state index contributed by atoms with van der Waals surface area (Å²) in [4.78, 5) is 12.3. The lowest BCUT2D eigenvalue weighted by molar-refractivity contribution is -0.129. The van der Waals surface area contributed by atoms with Crippen LogP contribution >= 0.6 is 22.6 Å². The first-order valence-electron chi connectivity index (χ1n) is 5.83. The van der Waals surface area contributed by atoms with Gasteiger partial charge in [0.25, 0.3) is 0 Å². The quantitative estimate of drug-likeness (QED) is 0.778. The molecular weight excluding hydrogens is 327 g/mol. The Hall–Kier alpha value is -0.840. The Labute approximate surface area is 115 Å². The molecule has 1 aliphatic heterocycles. The van der Waals surface area contributed by atoms with Gasteiger partial charge in [0.1, 0.15) is 9.34 Å². The minimum atomic E-state index is -0.637. The molecule has 0 saturated carbocycles. The van der Waals surface area contributed by atoms with Crippen LogP contribution in [0.5, 0.6) is 0 Å². The van der Waals surface area contributed by atoms with E-state index in [1.54, 1.807) is 0 Å².